The van der Waals surface area contributed by atoms with Crippen LogP contribution in [0.2, 0.25) is 0 Å². The summed E-state index contributed by atoms with van der Waals surface area (Å²) in [7, 11) is 0. The maximum atomic E-state index is 12.0. The average Bonchev–Trinajstić information content (AvgIpc) is 2.62. The summed E-state index contributed by atoms with van der Waals surface area (Å²) in [6, 6.07) is -1.32. The van der Waals surface area contributed by atoms with E-state index >= 15 is 0 Å². The van der Waals surface area contributed by atoms with Crippen molar-refractivity contribution in [1.29, 1.82) is 0 Å². The summed E-state index contributed by atoms with van der Waals surface area (Å²) in [5, 5.41) is 7.40. The molecular formula is C18H29N3O5. The Morgan fingerprint density at radius 2 is 1.46 bits per heavy atom. The first kappa shape index (κ1) is 23.4. The average molecular weight is 367 g/mol. The van der Waals surface area contributed by atoms with E-state index in [2.05, 4.69) is 29.1 Å². The zero-order chi connectivity index (χ0) is 19.8. The molecule has 3 N–H and O–H groups in total. The van der Waals surface area contributed by atoms with Gasteiger partial charge in [0.2, 0.25) is 5.91 Å². The van der Waals surface area contributed by atoms with Crippen LogP contribution in [0.15, 0.2) is 25.3 Å². The van der Waals surface area contributed by atoms with Crippen molar-refractivity contribution in [2.24, 2.45) is 0 Å². The Bertz CT molecular complexity index is 481. The largest absolute Gasteiger partial charge is 0.466 e. The second-order valence-electron chi connectivity index (χ2n) is 5.43. The van der Waals surface area contributed by atoms with E-state index in [0.29, 0.717) is 32.3 Å². The third kappa shape index (κ3) is 11.0. The highest BCUT2D eigenvalue weighted by Crippen LogP contribution is 2.04. The number of esters is 1. The van der Waals surface area contributed by atoms with Gasteiger partial charge in [-0.25, -0.2) is 0 Å². The lowest BCUT2D eigenvalue weighted by atomic mass is 10.1. The smallest absolute Gasteiger partial charge is 0.305 e. The Morgan fingerprint density at radius 1 is 0.923 bits per heavy atom. The molecule has 0 saturated carbocycles. The number of hydrogen-bond donors (Lipinski definition) is 3. The number of ether oxygens (including phenoxy) is 1. The van der Waals surface area contributed by atoms with Crippen molar-refractivity contribution in [3.8, 4) is 0 Å². The molecule has 0 rings (SSSR count). The van der Waals surface area contributed by atoms with E-state index in [1.54, 1.807) is 6.92 Å². The summed E-state index contributed by atoms with van der Waals surface area (Å²) >= 11 is 0. The fourth-order valence-corrected chi connectivity index (χ4v) is 2.00. The van der Waals surface area contributed by atoms with Gasteiger partial charge in [0.15, 0.2) is 6.04 Å². The van der Waals surface area contributed by atoms with Crippen molar-refractivity contribution < 1.29 is 23.9 Å². The van der Waals surface area contributed by atoms with Gasteiger partial charge in [-0.1, -0.05) is 18.6 Å². The summed E-state index contributed by atoms with van der Waals surface area (Å²) in [4.78, 5) is 47.3. The van der Waals surface area contributed by atoms with Gasteiger partial charge < -0.3 is 20.7 Å². The van der Waals surface area contributed by atoms with Crippen LogP contribution in [0.3, 0.4) is 0 Å². The van der Waals surface area contributed by atoms with Gasteiger partial charge >= 0.3 is 5.97 Å². The molecule has 0 unspecified atom stereocenters. The fraction of sp³-hybridized carbons (Fsp3) is 0.556. The van der Waals surface area contributed by atoms with Crippen LogP contribution in [-0.4, -0.2) is 49.4 Å². The lowest BCUT2D eigenvalue weighted by Crippen LogP contribution is -2.55. The van der Waals surface area contributed by atoms with Crippen LogP contribution in [0.5, 0.6) is 0 Å². The van der Waals surface area contributed by atoms with Crippen molar-refractivity contribution >= 4 is 23.7 Å². The van der Waals surface area contributed by atoms with Crippen molar-refractivity contribution in [2.75, 3.05) is 19.7 Å². The first-order valence-corrected chi connectivity index (χ1v) is 8.68. The highest BCUT2D eigenvalue weighted by molar-refractivity contribution is 6.06. The van der Waals surface area contributed by atoms with Gasteiger partial charge in [-0.3, -0.25) is 19.2 Å². The Morgan fingerprint density at radius 3 is 1.96 bits per heavy atom. The Hall–Kier alpha value is -2.64. The van der Waals surface area contributed by atoms with Gasteiger partial charge in [-0.2, -0.15) is 0 Å². The Balaban J connectivity index is 4.36. The molecule has 26 heavy (non-hydrogen) atoms. The van der Waals surface area contributed by atoms with E-state index in [0.717, 1.165) is 0 Å². The van der Waals surface area contributed by atoms with Gasteiger partial charge in [0.25, 0.3) is 11.8 Å². The molecule has 0 aliphatic carbocycles. The molecule has 0 atom stereocenters. The molecule has 0 aliphatic rings. The molecule has 3 amide bonds. The van der Waals surface area contributed by atoms with Gasteiger partial charge in [0, 0.05) is 25.9 Å². The normalized spacial score (nSPS) is 9.92. The fourth-order valence-electron chi connectivity index (χ4n) is 2.00. The molecule has 0 radical (unpaired) electrons. The van der Waals surface area contributed by atoms with Crippen LogP contribution in [0.4, 0.5) is 0 Å². The number of unbranched alkanes of at least 4 members (excludes halogenated alkanes) is 2. The molecule has 0 aliphatic heterocycles. The van der Waals surface area contributed by atoms with E-state index in [1.807, 2.05) is 0 Å². The molecule has 0 fully saturated rings. The first-order valence-electron chi connectivity index (χ1n) is 8.68. The monoisotopic (exact) mass is 367 g/mol. The lowest BCUT2D eigenvalue weighted by Gasteiger charge is -2.17. The molecule has 0 bridgehead atoms. The zero-order valence-corrected chi connectivity index (χ0v) is 15.3. The highest BCUT2D eigenvalue weighted by Gasteiger charge is 2.27. The summed E-state index contributed by atoms with van der Waals surface area (Å²) in [6.45, 7) is 9.43. The molecule has 146 valence electrons. The molecule has 8 heteroatoms. The quantitative estimate of drug-likeness (QED) is 0.180. The molecule has 0 aromatic heterocycles. The second kappa shape index (κ2) is 14.7. The molecule has 8 nitrogen and oxygen atoms in total. The maximum absolute atomic E-state index is 12.0. The van der Waals surface area contributed by atoms with E-state index in [1.165, 1.54) is 12.2 Å². The zero-order valence-electron chi connectivity index (χ0n) is 15.3. The number of rotatable bonds is 14. The van der Waals surface area contributed by atoms with Gasteiger partial charge in [0.05, 0.1) is 6.61 Å². The van der Waals surface area contributed by atoms with Crippen LogP contribution in [0.1, 0.15) is 39.0 Å². The van der Waals surface area contributed by atoms with Crippen LogP contribution in [-0.2, 0) is 23.9 Å². The summed E-state index contributed by atoms with van der Waals surface area (Å²) < 4.78 is 4.82. The summed E-state index contributed by atoms with van der Waals surface area (Å²) in [6.07, 6.45) is 5.25. The molecule has 0 spiro atoms. The summed E-state index contributed by atoms with van der Waals surface area (Å²) in [5.41, 5.74) is 0. The van der Waals surface area contributed by atoms with Crippen LogP contribution in [0, 0.1) is 0 Å². The first-order chi connectivity index (χ1) is 12.5. The van der Waals surface area contributed by atoms with Crippen molar-refractivity contribution in [1.82, 2.24) is 16.0 Å². The number of carbonyl (C=O) groups is 4. The number of amides is 3. The minimum Gasteiger partial charge on any atom is -0.466 e. The maximum Gasteiger partial charge on any atom is 0.305 e. The lowest BCUT2D eigenvalue weighted by molar-refractivity contribution is -0.143. The molecule has 0 aromatic carbocycles. The molecule has 0 aromatic rings. The van der Waals surface area contributed by atoms with E-state index < -0.39 is 23.8 Å². The third-order valence-corrected chi connectivity index (χ3v) is 3.26. The standard InChI is InChI=1S/C18H29N3O5/c1-4-12-19-17(24)16(18(25)20-13-5-2)21-14(22)10-8-7-9-11-15(23)26-6-3/h4-5,16H,1-2,6-13H2,3H3,(H,19,24)(H,20,25)(H,21,22). The minimum atomic E-state index is -1.32. The van der Waals surface area contributed by atoms with Crippen LogP contribution in [0.25, 0.3) is 0 Å². The molecule has 0 saturated heterocycles. The van der Waals surface area contributed by atoms with Crippen molar-refractivity contribution in [3.63, 3.8) is 0 Å². The minimum absolute atomic E-state index is 0.156. The van der Waals surface area contributed by atoms with Crippen LogP contribution >= 0.6 is 0 Å². The Kier molecular flexibility index (Phi) is 13.2. The third-order valence-electron chi connectivity index (χ3n) is 3.26. The topological polar surface area (TPSA) is 114 Å². The van der Waals surface area contributed by atoms with Crippen LogP contribution < -0.4 is 16.0 Å². The number of hydrogen-bond acceptors (Lipinski definition) is 5. The van der Waals surface area contributed by atoms with E-state index in [-0.39, 0.29) is 25.5 Å². The summed E-state index contributed by atoms with van der Waals surface area (Å²) in [5.74, 6) is -1.88. The molecular weight excluding hydrogens is 338 g/mol. The van der Waals surface area contributed by atoms with E-state index in [4.69, 9.17) is 4.74 Å². The second-order valence-corrected chi connectivity index (χ2v) is 5.43. The van der Waals surface area contributed by atoms with E-state index in [9.17, 15) is 19.2 Å². The SMILES string of the molecule is C=CCNC(=O)C(NC(=O)CCCCCC(=O)OCC)C(=O)NCC=C. The van der Waals surface area contributed by atoms with Gasteiger partial charge in [-0.15, -0.1) is 13.2 Å². The predicted octanol–water partition coefficient (Wildman–Crippen LogP) is 0.589. The van der Waals surface area contributed by atoms with Gasteiger partial charge in [0.1, 0.15) is 0 Å². The predicted molar refractivity (Wildman–Crippen MR) is 98.1 cm³/mol. The number of nitrogens with one attached hydrogen (secondary N) is 3. The Labute approximate surface area is 154 Å². The van der Waals surface area contributed by atoms with Gasteiger partial charge in [-0.05, 0) is 19.8 Å². The number of carbonyl (C=O) groups excluding carboxylic acids is 4. The van der Waals surface area contributed by atoms with Crippen molar-refractivity contribution in [2.45, 2.75) is 45.1 Å². The highest BCUT2D eigenvalue weighted by atomic mass is 16.5. The molecule has 0 heterocycles. The van der Waals surface area contributed by atoms with Crippen molar-refractivity contribution in [3.05, 3.63) is 25.3 Å².